The molecule has 0 amide bonds. The maximum atomic E-state index is 13.0. The lowest BCUT2D eigenvalue weighted by molar-refractivity contribution is -0.157. The molecule has 0 aliphatic heterocycles. The largest absolute Gasteiger partial charge is 0.461 e. The Morgan fingerprint density at radius 2 is 1.57 bits per heavy atom. The van der Waals surface area contributed by atoms with E-state index in [1.165, 1.54) is 44.8 Å². The molecule has 0 heterocycles. The van der Waals surface area contributed by atoms with E-state index in [1.807, 2.05) is 30.3 Å². The minimum atomic E-state index is 0.0614. The van der Waals surface area contributed by atoms with Gasteiger partial charge in [0.1, 0.15) is 22.3 Å². The zero-order valence-electron chi connectivity index (χ0n) is 17.8. The number of esters is 1. The van der Waals surface area contributed by atoms with Crippen molar-refractivity contribution in [2.24, 2.45) is 41.4 Å². The smallest absolute Gasteiger partial charge is 0.309 e. The summed E-state index contributed by atoms with van der Waals surface area (Å²) in [6.07, 6.45) is 11.9. The van der Waals surface area contributed by atoms with Crippen LogP contribution in [-0.2, 0) is 16.1 Å². The molecular weight excluding hydrogens is 342 g/mol. The van der Waals surface area contributed by atoms with E-state index < -0.39 is 0 Å². The molecule has 3 saturated carbocycles. The number of hydrogen-bond acceptors (Lipinski definition) is 2. The van der Waals surface area contributed by atoms with Gasteiger partial charge in [-0.3, -0.25) is 4.79 Å². The molecule has 0 aromatic heterocycles. The summed E-state index contributed by atoms with van der Waals surface area (Å²) in [6.45, 7) is 0.420. The summed E-state index contributed by atoms with van der Waals surface area (Å²) in [5, 5.41) is 0. The van der Waals surface area contributed by atoms with Crippen LogP contribution in [0.1, 0.15) is 50.5 Å². The molecule has 4 heteroatoms. The van der Waals surface area contributed by atoms with Gasteiger partial charge in [-0.1, -0.05) is 55.8 Å². The fraction of sp³-hybridized carbons (Fsp3) is 0.708. The van der Waals surface area contributed by atoms with E-state index in [4.69, 9.17) is 4.74 Å². The summed E-state index contributed by atoms with van der Waals surface area (Å²) in [5.74, 6) is 5.22. The van der Waals surface area contributed by atoms with Crippen LogP contribution < -0.4 is 0 Å². The molecule has 7 atom stereocenters. The average Bonchev–Trinajstić information content (AvgIpc) is 2.76. The van der Waals surface area contributed by atoms with Crippen LogP contribution in [0.25, 0.3) is 0 Å². The lowest BCUT2D eigenvalue weighted by Gasteiger charge is -2.54. The zero-order chi connectivity index (χ0) is 19.5. The molecular formula is C24H36B2O2. The Morgan fingerprint density at radius 1 is 0.857 bits per heavy atom. The van der Waals surface area contributed by atoms with Crippen LogP contribution >= 0.6 is 0 Å². The second-order valence-corrected chi connectivity index (χ2v) is 9.68. The molecule has 0 radical (unpaired) electrons. The lowest BCUT2D eigenvalue weighted by atomic mass is 9.50. The Balaban J connectivity index is 1.42. The standard InChI is InChI=1S/C24H36B2O2/c25-13-17-7-4-8-19-18(17)9-10-21-20(19)11-12-22(23(21)14-26)24(27)28-15-16-5-2-1-3-6-16/h1-3,5-6,17-23H,4,7-15,25-26H2. The quantitative estimate of drug-likeness (QED) is 0.574. The van der Waals surface area contributed by atoms with Crippen LogP contribution in [0.15, 0.2) is 30.3 Å². The third-order valence-corrected chi connectivity index (χ3v) is 8.60. The molecule has 3 aliphatic rings. The van der Waals surface area contributed by atoms with Crippen molar-refractivity contribution in [2.45, 2.75) is 64.2 Å². The molecule has 4 rings (SSSR count). The van der Waals surface area contributed by atoms with Gasteiger partial charge in [-0.25, -0.2) is 0 Å². The summed E-state index contributed by atoms with van der Waals surface area (Å²) >= 11 is 0. The minimum absolute atomic E-state index is 0.0614. The molecule has 0 bridgehead atoms. The van der Waals surface area contributed by atoms with Gasteiger partial charge in [-0.2, -0.15) is 0 Å². The Labute approximate surface area is 173 Å². The van der Waals surface area contributed by atoms with Gasteiger partial charge in [0.25, 0.3) is 0 Å². The average molecular weight is 378 g/mol. The van der Waals surface area contributed by atoms with Crippen LogP contribution in [0, 0.1) is 41.4 Å². The van der Waals surface area contributed by atoms with Crippen LogP contribution in [0.5, 0.6) is 0 Å². The molecule has 7 unspecified atom stereocenters. The third kappa shape index (κ3) is 3.94. The van der Waals surface area contributed by atoms with Crippen molar-refractivity contribution in [1.82, 2.24) is 0 Å². The maximum absolute atomic E-state index is 13.0. The van der Waals surface area contributed by atoms with Gasteiger partial charge in [0.2, 0.25) is 0 Å². The first-order valence-corrected chi connectivity index (χ1v) is 11.9. The molecule has 150 valence electrons. The van der Waals surface area contributed by atoms with Gasteiger partial charge in [-0.05, 0) is 73.2 Å². The van der Waals surface area contributed by atoms with Gasteiger partial charge in [-0.15, -0.1) is 0 Å². The fourth-order valence-corrected chi connectivity index (χ4v) is 7.36. The van der Waals surface area contributed by atoms with E-state index in [0.717, 1.165) is 47.9 Å². The fourth-order valence-electron chi connectivity index (χ4n) is 7.36. The number of fused-ring (bicyclic) bond motifs is 3. The van der Waals surface area contributed by atoms with Crippen molar-refractivity contribution in [3.05, 3.63) is 35.9 Å². The van der Waals surface area contributed by atoms with Crippen molar-refractivity contribution in [3.8, 4) is 0 Å². The second kappa shape index (κ2) is 9.09. The molecule has 3 fully saturated rings. The summed E-state index contributed by atoms with van der Waals surface area (Å²) in [7, 11) is 4.69. The van der Waals surface area contributed by atoms with Crippen molar-refractivity contribution in [2.75, 3.05) is 0 Å². The highest BCUT2D eigenvalue weighted by molar-refractivity contribution is 6.09. The molecule has 0 spiro atoms. The van der Waals surface area contributed by atoms with E-state index in [0.29, 0.717) is 12.5 Å². The highest BCUT2D eigenvalue weighted by Gasteiger charge is 2.50. The van der Waals surface area contributed by atoms with Crippen LogP contribution in [0.3, 0.4) is 0 Å². The number of hydrogen-bond donors (Lipinski definition) is 0. The molecule has 28 heavy (non-hydrogen) atoms. The van der Waals surface area contributed by atoms with E-state index in [2.05, 4.69) is 15.7 Å². The molecule has 2 nitrogen and oxygen atoms in total. The van der Waals surface area contributed by atoms with Crippen LogP contribution in [0.2, 0.25) is 12.6 Å². The number of benzene rings is 1. The predicted octanol–water partition coefficient (Wildman–Crippen LogP) is 3.92. The van der Waals surface area contributed by atoms with Crippen molar-refractivity contribution in [3.63, 3.8) is 0 Å². The summed E-state index contributed by atoms with van der Waals surface area (Å²) in [4.78, 5) is 13.0. The SMILES string of the molecule is BCC1CCCC2C1CCC1C(CB)C(C(=O)OCc3ccccc3)CCC21. The van der Waals surface area contributed by atoms with Gasteiger partial charge >= 0.3 is 5.97 Å². The number of rotatable bonds is 5. The maximum Gasteiger partial charge on any atom is 0.309 e. The first-order chi connectivity index (χ1) is 13.7. The van der Waals surface area contributed by atoms with E-state index in [1.54, 1.807) is 0 Å². The summed E-state index contributed by atoms with van der Waals surface area (Å²) < 4.78 is 5.78. The predicted molar refractivity (Wildman–Crippen MR) is 120 cm³/mol. The normalized spacial score (nSPS) is 37.5. The number of carbonyl (C=O) groups excluding carboxylic acids is 1. The lowest BCUT2D eigenvalue weighted by Crippen LogP contribution is -2.48. The topological polar surface area (TPSA) is 26.3 Å². The van der Waals surface area contributed by atoms with E-state index in [-0.39, 0.29) is 11.9 Å². The first kappa shape index (κ1) is 20.1. The number of ether oxygens (including phenoxy) is 1. The summed E-state index contributed by atoms with van der Waals surface area (Å²) in [6, 6.07) is 10.1. The molecule has 3 aliphatic carbocycles. The van der Waals surface area contributed by atoms with Crippen molar-refractivity contribution in [1.29, 1.82) is 0 Å². The Kier molecular flexibility index (Phi) is 6.53. The van der Waals surface area contributed by atoms with Gasteiger partial charge in [0, 0.05) is 0 Å². The van der Waals surface area contributed by atoms with E-state index in [9.17, 15) is 4.79 Å². The molecule has 0 saturated heterocycles. The highest BCUT2D eigenvalue weighted by Crippen LogP contribution is 2.56. The molecule has 0 N–H and O–H groups in total. The minimum Gasteiger partial charge on any atom is -0.461 e. The van der Waals surface area contributed by atoms with Gasteiger partial charge < -0.3 is 4.74 Å². The Bertz CT molecular complexity index is 649. The third-order valence-electron chi connectivity index (χ3n) is 8.60. The van der Waals surface area contributed by atoms with Gasteiger partial charge in [0.15, 0.2) is 0 Å². The molecule has 1 aromatic rings. The Hall–Kier alpha value is -1.18. The Morgan fingerprint density at radius 3 is 2.32 bits per heavy atom. The second-order valence-electron chi connectivity index (χ2n) is 9.68. The van der Waals surface area contributed by atoms with Crippen molar-refractivity contribution < 1.29 is 9.53 Å². The zero-order valence-corrected chi connectivity index (χ0v) is 17.8. The van der Waals surface area contributed by atoms with Crippen molar-refractivity contribution >= 4 is 21.7 Å². The van der Waals surface area contributed by atoms with Crippen LogP contribution in [-0.4, -0.2) is 21.7 Å². The monoisotopic (exact) mass is 378 g/mol. The first-order valence-electron chi connectivity index (χ1n) is 11.9. The highest BCUT2D eigenvalue weighted by atomic mass is 16.5. The van der Waals surface area contributed by atoms with Crippen LogP contribution in [0.4, 0.5) is 0 Å². The molecule has 1 aromatic carbocycles. The van der Waals surface area contributed by atoms with Gasteiger partial charge in [0.05, 0.1) is 5.92 Å². The number of carbonyl (C=O) groups is 1. The van der Waals surface area contributed by atoms with E-state index >= 15 is 0 Å². The summed E-state index contributed by atoms with van der Waals surface area (Å²) in [5.41, 5.74) is 1.09.